The molecule has 0 aliphatic carbocycles. The van der Waals surface area contributed by atoms with Crippen molar-refractivity contribution in [2.45, 2.75) is 272 Å². The molecule has 12 N–H and O–H groups in total. The van der Waals surface area contributed by atoms with Crippen LogP contribution >= 0.6 is 0 Å². The summed E-state index contributed by atoms with van der Waals surface area (Å²) in [5.74, 6) is -0.257. The van der Waals surface area contributed by atoms with Gasteiger partial charge in [0.25, 0.3) is 0 Å². The number of carbonyl (C=O) groups excluding carboxylic acids is 1. The molecule has 0 saturated carbocycles. The lowest BCUT2D eigenvalue weighted by molar-refractivity contribution is -0.379. The summed E-state index contributed by atoms with van der Waals surface area (Å²) in [6, 6.07) is -0.890. The van der Waals surface area contributed by atoms with Crippen LogP contribution in [0.25, 0.3) is 0 Å². The number of ether oxygens (including phenoxy) is 6. The Balaban J connectivity index is 1.47. The number of hydrogen-bond donors (Lipinski definition) is 12. The highest BCUT2D eigenvalue weighted by molar-refractivity contribution is 5.76. The van der Waals surface area contributed by atoms with Crippen LogP contribution in [0.3, 0.4) is 0 Å². The lowest BCUT2D eigenvalue weighted by Crippen LogP contribution is -2.66. The van der Waals surface area contributed by atoms with Gasteiger partial charge in [-0.05, 0) is 51.4 Å². The SMILES string of the molecule is CC/C=C\C/C=C\C/C=C\C/C=C\CCCCCCCCCCC(=O)NC(COC1OC(CO)C(OC2OC(CO)C(OC3OC(CO)C(O)C(O)C3O)C(O)C2O)C(O)C1O)C(O)CCCCCCCCCCC. The van der Waals surface area contributed by atoms with E-state index in [9.17, 15) is 61.0 Å². The van der Waals surface area contributed by atoms with Crippen molar-refractivity contribution in [1.29, 1.82) is 0 Å². The minimum Gasteiger partial charge on any atom is -0.394 e. The van der Waals surface area contributed by atoms with Crippen molar-refractivity contribution < 1.29 is 89.4 Å². The van der Waals surface area contributed by atoms with Crippen molar-refractivity contribution in [1.82, 2.24) is 5.32 Å². The van der Waals surface area contributed by atoms with Gasteiger partial charge >= 0.3 is 0 Å². The number of aliphatic hydroxyl groups excluding tert-OH is 11. The predicted molar refractivity (Wildman–Crippen MR) is 282 cm³/mol. The van der Waals surface area contributed by atoms with E-state index in [2.05, 4.69) is 67.8 Å². The topological polar surface area (TPSA) is 307 Å². The first-order chi connectivity index (χ1) is 36.3. The standard InChI is InChI=1S/C56H99NO18/c1-3-5-7-9-11-13-14-15-16-17-18-19-20-21-22-23-24-26-28-30-32-34-44(62)57-39(40(61)33-31-29-27-25-12-10-8-6-4-2)38-70-54-50(68)47(65)52(42(36-59)72-54)75-56-51(69)48(66)53(43(37-60)73-56)74-55-49(67)46(64)45(63)41(35-58)71-55/h5,7,11,13,15-16,18-19,39-43,45-56,58-61,63-69H,3-4,6,8-10,12,14,17,20-38H2,1-2H3,(H,57,62)/b7-5-,13-11-,16-15-,19-18-. The summed E-state index contributed by atoms with van der Waals surface area (Å²) < 4.78 is 34.2. The van der Waals surface area contributed by atoms with E-state index in [1.54, 1.807) is 0 Å². The molecule has 0 aromatic carbocycles. The van der Waals surface area contributed by atoms with Crippen molar-refractivity contribution >= 4 is 5.91 Å². The van der Waals surface area contributed by atoms with Gasteiger partial charge in [-0.1, -0.05) is 159 Å². The average molecular weight is 1070 g/mol. The zero-order valence-electron chi connectivity index (χ0n) is 45.0. The molecule has 3 heterocycles. The molecule has 3 rings (SSSR count). The first-order valence-electron chi connectivity index (χ1n) is 28.4. The maximum Gasteiger partial charge on any atom is 0.220 e. The van der Waals surface area contributed by atoms with E-state index < -0.39 is 124 Å². The molecule has 3 saturated heterocycles. The average Bonchev–Trinajstić information content (AvgIpc) is 3.41. The summed E-state index contributed by atoms with van der Waals surface area (Å²) in [4.78, 5) is 13.3. The number of hydrogen-bond acceptors (Lipinski definition) is 18. The smallest absolute Gasteiger partial charge is 0.220 e. The van der Waals surface area contributed by atoms with Crippen LogP contribution in [-0.2, 0) is 33.2 Å². The maximum absolute atomic E-state index is 13.3. The first-order valence-corrected chi connectivity index (χ1v) is 28.4. The van der Waals surface area contributed by atoms with Crippen LogP contribution in [0.15, 0.2) is 48.6 Å². The van der Waals surface area contributed by atoms with Gasteiger partial charge in [-0.25, -0.2) is 0 Å². The molecule has 1 amide bonds. The zero-order chi connectivity index (χ0) is 54.8. The molecule has 17 unspecified atom stereocenters. The molecule has 17 atom stereocenters. The molecule has 3 fully saturated rings. The van der Waals surface area contributed by atoms with Crippen LogP contribution in [0, 0.1) is 0 Å². The van der Waals surface area contributed by atoms with Crippen LogP contribution in [0.5, 0.6) is 0 Å². The Hall–Kier alpha value is -2.25. The Kier molecular flexibility index (Phi) is 35.8. The number of aliphatic hydroxyl groups is 11. The zero-order valence-corrected chi connectivity index (χ0v) is 45.0. The Bertz CT molecular complexity index is 1570. The number of carbonyl (C=O) groups is 1. The number of allylic oxidation sites excluding steroid dienone is 8. The molecule has 436 valence electrons. The van der Waals surface area contributed by atoms with Crippen molar-refractivity contribution in [3.63, 3.8) is 0 Å². The third kappa shape index (κ3) is 24.8. The second-order valence-corrected chi connectivity index (χ2v) is 20.4. The normalized spacial score (nSPS) is 31.6. The molecular formula is C56H99NO18. The van der Waals surface area contributed by atoms with Crippen molar-refractivity contribution in [3.05, 3.63) is 48.6 Å². The Morgan fingerprint density at radius 3 is 1.44 bits per heavy atom. The Labute approximate surface area is 446 Å². The van der Waals surface area contributed by atoms with Gasteiger partial charge in [0.1, 0.15) is 73.2 Å². The second-order valence-electron chi connectivity index (χ2n) is 20.4. The maximum atomic E-state index is 13.3. The van der Waals surface area contributed by atoms with Gasteiger partial charge in [-0.2, -0.15) is 0 Å². The van der Waals surface area contributed by atoms with Gasteiger partial charge in [0.2, 0.25) is 5.91 Å². The fraction of sp³-hybridized carbons (Fsp3) is 0.839. The number of rotatable bonds is 40. The number of unbranched alkanes of at least 4 members (excludes halogenated alkanes) is 16. The van der Waals surface area contributed by atoms with Crippen LogP contribution in [-0.4, -0.2) is 193 Å². The summed E-state index contributed by atoms with van der Waals surface area (Å²) in [6.45, 7) is 1.61. The van der Waals surface area contributed by atoms with Crippen molar-refractivity contribution in [2.24, 2.45) is 0 Å². The molecule has 3 aliphatic rings. The van der Waals surface area contributed by atoms with Crippen LogP contribution < -0.4 is 5.32 Å². The molecule has 19 nitrogen and oxygen atoms in total. The second kappa shape index (κ2) is 40.0. The molecule has 0 spiro atoms. The van der Waals surface area contributed by atoms with E-state index >= 15 is 0 Å². The lowest BCUT2D eigenvalue weighted by Gasteiger charge is -2.48. The van der Waals surface area contributed by atoms with Crippen molar-refractivity contribution in [3.8, 4) is 0 Å². The summed E-state index contributed by atoms with van der Waals surface area (Å²) in [7, 11) is 0. The van der Waals surface area contributed by atoms with Gasteiger partial charge in [0.05, 0.1) is 38.6 Å². The van der Waals surface area contributed by atoms with E-state index in [0.29, 0.717) is 12.8 Å². The van der Waals surface area contributed by atoms with Gasteiger partial charge in [0.15, 0.2) is 18.9 Å². The fourth-order valence-corrected chi connectivity index (χ4v) is 9.48. The third-order valence-corrected chi connectivity index (χ3v) is 14.2. The summed E-state index contributed by atoms with van der Waals surface area (Å²) in [5.41, 5.74) is 0. The molecule has 0 bridgehead atoms. The fourth-order valence-electron chi connectivity index (χ4n) is 9.48. The van der Waals surface area contributed by atoms with E-state index in [1.165, 1.54) is 51.4 Å². The molecule has 19 heteroatoms. The summed E-state index contributed by atoms with van der Waals surface area (Å²) >= 11 is 0. The Morgan fingerprint density at radius 2 is 0.920 bits per heavy atom. The number of nitrogens with one attached hydrogen (secondary N) is 1. The highest BCUT2D eigenvalue weighted by Gasteiger charge is 2.53. The summed E-state index contributed by atoms with van der Waals surface area (Å²) in [5, 5.41) is 120. The molecule has 3 aliphatic heterocycles. The van der Waals surface area contributed by atoms with E-state index in [-0.39, 0.29) is 18.9 Å². The van der Waals surface area contributed by atoms with E-state index in [4.69, 9.17) is 28.4 Å². The quantitative estimate of drug-likeness (QED) is 0.0306. The van der Waals surface area contributed by atoms with Crippen LogP contribution in [0.4, 0.5) is 0 Å². The minimum atomic E-state index is -1.97. The van der Waals surface area contributed by atoms with Crippen LogP contribution in [0.1, 0.15) is 168 Å². The summed E-state index contributed by atoms with van der Waals surface area (Å²) in [6.07, 6.45) is 15.0. The van der Waals surface area contributed by atoms with E-state index in [1.807, 2.05) is 0 Å². The Morgan fingerprint density at radius 1 is 0.493 bits per heavy atom. The predicted octanol–water partition coefficient (Wildman–Crippen LogP) is 3.92. The van der Waals surface area contributed by atoms with E-state index in [0.717, 1.165) is 83.5 Å². The first kappa shape index (κ1) is 67.0. The van der Waals surface area contributed by atoms with Gasteiger partial charge in [0, 0.05) is 6.42 Å². The minimum absolute atomic E-state index is 0.255. The molecule has 75 heavy (non-hydrogen) atoms. The van der Waals surface area contributed by atoms with Gasteiger partial charge in [-0.15, -0.1) is 0 Å². The molecule has 0 aromatic rings. The lowest BCUT2D eigenvalue weighted by atomic mass is 9.96. The van der Waals surface area contributed by atoms with Crippen LogP contribution in [0.2, 0.25) is 0 Å². The number of amides is 1. The third-order valence-electron chi connectivity index (χ3n) is 14.2. The monoisotopic (exact) mass is 1070 g/mol. The highest BCUT2D eigenvalue weighted by Crippen LogP contribution is 2.33. The van der Waals surface area contributed by atoms with Crippen molar-refractivity contribution in [2.75, 3.05) is 26.4 Å². The highest BCUT2D eigenvalue weighted by atomic mass is 16.8. The molecular weight excluding hydrogens is 975 g/mol. The van der Waals surface area contributed by atoms with Gasteiger partial charge in [-0.3, -0.25) is 4.79 Å². The molecule has 0 radical (unpaired) electrons. The van der Waals surface area contributed by atoms with Gasteiger partial charge < -0.3 is 89.9 Å². The largest absolute Gasteiger partial charge is 0.394 e. The molecule has 0 aromatic heterocycles.